The Hall–Kier alpha value is -9.74. The van der Waals surface area contributed by atoms with Gasteiger partial charge in [0.25, 0.3) is 10.0 Å². The van der Waals surface area contributed by atoms with Gasteiger partial charge >= 0.3 is 12.1 Å². The number of aromatic nitrogens is 2. The van der Waals surface area contributed by atoms with Gasteiger partial charge in [-0.15, -0.1) is 0 Å². The predicted octanol–water partition coefficient (Wildman–Crippen LogP) is 13.8. The number of rotatable bonds is 15. The summed E-state index contributed by atoms with van der Waals surface area (Å²) in [5.74, 6) is -1.87. The van der Waals surface area contributed by atoms with E-state index in [1.54, 1.807) is 87.5 Å². The van der Waals surface area contributed by atoms with E-state index in [-0.39, 0.29) is 34.3 Å². The number of anilines is 3. The molecule has 7 aromatic carbocycles. The summed E-state index contributed by atoms with van der Waals surface area (Å²) >= 11 is 0. The fourth-order valence-corrected chi connectivity index (χ4v) is 8.93. The van der Waals surface area contributed by atoms with Gasteiger partial charge in [0.15, 0.2) is 23.1 Å². The fraction of sp³-hybridized carbons (Fsp3) is 0.136. The average molecular weight is 1090 g/mol. The van der Waals surface area contributed by atoms with Gasteiger partial charge in [-0.1, -0.05) is 54.6 Å². The van der Waals surface area contributed by atoms with Gasteiger partial charge in [0.2, 0.25) is 0 Å². The summed E-state index contributed by atoms with van der Waals surface area (Å²) < 4.78 is 107. The van der Waals surface area contributed by atoms with Crippen LogP contribution in [0, 0.1) is 34.6 Å². The number of benzene rings is 7. The van der Waals surface area contributed by atoms with Gasteiger partial charge in [-0.3, -0.25) is 9.71 Å². The Morgan fingerprint density at radius 2 is 1.41 bits per heavy atom. The zero-order valence-corrected chi connectivity index (χ0v) is 43.6. The number of nitrogens with one attached hydrogen (secondary N) is 4. The molecule has 4 N–H and O–H groups in total. The molecule has 0 atom stereocenters. The van der Waals surface area contributed by atoms with Crippen LogP contribution in [0.3, 0.4) is 0 Å². The molecule has 0 spiro atoms. The highest BCUT2D eigenvalue weighted by Crippen LogP contribution is 2.38. The lowest BCUT2D eigenvalue weighted by molar-refractivity contribution is 0.0525. The molecule has 0 bridgehead atoms. The number of methoxy groups -OCH3 is 1. The highest BCUT2D eigenvalue weighted by molar-refractivity contribution is 7.92. The third-order valence-electron chi connectivity index (χ3n) is 11.4. The van der Waals surface area contributed by atoms with E-state index < -0.39 is 51.0 Å². The number of fused-ring (bicyclic) bond motifs is 2. The average Bonchev–Trinajstić information content (AvgIpc) is 3.44. The van der Waals surface area contributed by atoms with Crippen molar-refractivity contribution in [2.75, 3.05) is 35.6 Å². The highest BCUT2D eigenvalue weighted by Gasteiger charge is 2.20. The molecule has 2 heterocycles. The highest BCUT2D eigenvalue weighted by atomic mass is 32.2. The van der Waals surface area contributed by atoms with Crippen LogP contribution in [-0.4, -0.2) is 56.4 Å². The second kappa shape index (κ2) is 24.5. The first kappa shape index (κ1) is 55.5. The summed E-state index contributed by atoms with van der Waals surface area (Å²) in [4.78, 5) is 32.6. The molecule has 9 rings (SSSR count). The molecule has 402 valence electrons. The summed E-state index contributed by atoms with van der Waals surface area (Å²) in [5.41, 5.74) is 3.54. The van der Waals surface area contributed by atoms with Crippen LogP contribution in [0.2, 0.25) is 0 Å². The number of hydrogen-bond donors (Lipinski definition) is 4. The van der Waals surface area contributed by atoms with Crippen molar-refractivity contribution in [1.29, 1.82) is 5.26 Å². The molecule has 0 saturated heterocycles. The zero-order valence-electron chi connectivity index (χ0n) is 42.7. The molecule has 0 unspecified atom stereocenters. The van der Waals surface area contributed by atoms with Gasteiger partial charge in [0.1, 0.15) is 40.6 Å². The van der Waals surface area contributed by atoms with E-state index in [1.807, 2.05) is 42.5 Å². The fourth-order valence-electron chi connectivity index (χ4n) is 7.84. The Balaban J connectivity index is 0.000000228. The molecule has 3 amide bonds. The van der Waals surface area contributed by atoms with Crippen molar-refractivity contribution in [3.8, 4) is 51.3 Å². The first-order chi connectivity index (χ1) is 37.8. The van der Waals surface area contributed by atoms with Crippen LogP contribution in [0.4, 0.5) is 44.2 Å². The number of nitriles is 1. The molecule has 79 heavy (non-hydrogen) atoms. The smallest absolute Gasteiger partial charge is 0.407 e. The van der Waals surface area contributed by atoms with Crippen LogP contribution < -0.4 is 34.9 Å². The number of alkyl carbamates (subject to hydrolysis) is 1. The van der Waals surface area contributed by atoms with E-state index in [4.69, 9.17) is 18.9 Å². The number of pyridine rings is 2. The van der Waals surface area contributed by atoms with Gasteiger partial charge in [-0.25, -0.2) is 40.6 Å². The maximum Gasteiger partial charge on any atom is 0.407 e. The standard InChI is InChI=1S/C36H36FN3O7S.C23H13F3N4O/c1-36(2,3)47-35(41)39-17-9-19-45-34-23-30-28(22-33(34)44-4)31(16-18-38-30)46-32-15-14-26(21-29(32)37)40-48(42,43)27-13-8-12-25(20-27)24-10-6-5-7-11-24;24-14-5-7-21(20(26)9-14)30-23(31)29-16-3-1-2-13(8-16)19-11-17(12-27)28-22-10-15(25)4-6-18(19)22/h5-8,10-16,18,20-23,40H,9,17,19H2,1-4H3,(H,39,41);1-11H,(H2,29,30,31). The molecular weight excluding hydrogens is 1040 g/mol. The molecule has 0 radical (unpaired) electrons. The van der Waals surface area contributed by atoms with Crippen molar-refractivity contribution in [1.82, 2.24) is 15.3 Å². The van der Waals surface area contributed by atoms with Gasteiger partial charge in [0.05, 0.1) is 41.0 Å². The maximum absolute atomic E-state index is 15.3. The SMILES string of the molecule is COc1cc2c(Oc3ccc(NS(=O)(=O)c4cccc(-c5ccccc5)c4)cc3F)ccnc2cc1OCCCNC(=O)OC(C)(C)C.N#Cc1cc(-c2cccc(NC(=O)Nc3ccc(F)cc3F)c2)c2ccc(F)cc2n1. The molecule has 0 aliphatic heterocycles. The molecule has 15 nitrogen and oxygen atoms in total. The van der Waals surface area contributed by atoms with E-state index in [1.165, 1.54) is 43.6 Å². The van der Waals surface area contributed by atoms with Crippen molar-refractivity contribution in [3.63, 3.8) is 0 Å². The molecule has 0 aliphatic carbocycles. The Morgan fingerprint density at radius 3 is 2.15 bits per heavy atom. The van der Waals surface area contributed by atoms with Crippen LogP contribution in [0.15, 0.2) is 169 Å². The Kier molecular flexibility index (Phi) is 17.2. The Morgan fingerprint density at radius 1 is 0.658 bits per heavy atom. The second-order valence-corrected chi connectivity index (χ2v) is 20.0. The van der Waals surface area contributed by atoms with Crippen molar-refractivity contribution in [2.24, 2.45) is 0 Å². The molecular formula is C59H49F4N7O8S. The summed E-state index contributed by atoms with van der Waals surface area (Å²) in [6.45, 7) is 6.01. The zero-order chi connectivity index (χ0) is 56.3. The summed E-state index contributed by atoms with van der Waals surface area (Å²) in [6, 6.07) is 41.2. The Bertz CT molecular complexity index is 3880. The third-order valence-corrected chi connectivity index (χ3v) is 12.8. The van der Waals surface area contributed by atoms with Crippen LogP contribution in [0.25, 0.3) is 44.1 Å². The number of urea groups is 1. The predicted molar refractivity (Wildman–Crippen MR) is 293 cm³/mol. The number of halogens is 4. The lowest BCUT2D eigenvalue weighted by atomic mass is 9.99. The van der Waals surface area contributed by atoms with Crippen LogP contribution in [0.5, 0.6) is 23.0 Å². The molecule has 0 fully saturated rings. The third kappa shape index (κ3) is 14.6. The first-order valence-corrected chi connectivity index (χ1v) is 25.7. The number of carbonyl (C=O) groups excluding carboxylic acids is 2. The van der Waals surface area contributed by atoms with Crippen molar-refractivity contribution < 1.29 is 54.5 Å². The second-order valence-electron chi connectivity index (χ2n) is 18.3. The normalized spacial score (nSPS) is 11.1. The lowest BCUT2D eigenvalue weighted by Gasteiger charge is -2.19. The number of ether oxygens (including phenoxy) is 4. The van der Waals surface area contributed by atoms with E-state index in [0.29, 0.717) is 74.9 Å². The number of hydrogen-bond acceptors (Lipinski definition) is 11. The summed E-state index contributed by atoms with van der Waals surface area (Å²) in [7, 11) is -2.52. The van der Waals surface area contributed by atoms with Crippen LogP contribution >= 0.6 is 0 Å². The van der Waals surface area contributed by atoms with Crippen LogP contribution in [0.1, 0.15) is 32.9 Å². The molecule has 2 aromatic heterocycles. The number of sulfonamides is 1. The van der Waals surface area contributed by atoms with Gasteiger partial charge in [-0.05, 0) is 128 Å². The van der Waals surface area contributed by atoms with Gasteiger partial charge in [-0.2, -0.15) is 5.26 Å². The van der Waals surface area contributed by atoms with E-state index in [2.05, 4.69) is 30.6 Å². The van der Waals surface area contributed by atoms with Gasteiger partial charge in [0, 0.05) is 53.5 Å². The van der Waals surface area contributed by atoms with Crippen molar-refractivity contribution in [3.05, 3.63) is 193 Å². The monoisotopic (exact) mass is 1090 g/mol. The number of carbonyl (C=O) groups is 2. The van der Waals surface area contributed by atoms with Crippen LogP contribution in [-0.2, 0) is 14.8 Å². The topological polar surface area (TPSA) is 203 Å². The van der Waals surface area contributed by atoms with E-state index in [0.717, 1.165) is 29.3 Å². The summed E-state index contributed by atoms with van der Waals surface area (Å²) in [5, 5.41) is 18.0. The molecule has 0 aliphatic rings. The number of nitrogens with zero attached hydrogens (tertiary/aromatic N) is 3. The maximum atomic E-state index is 15.3. The van der Waals surface area contributed by atoms with E-state index in [9.17, 15) is 36.4 Å². The minimum atomic E-state index is -4.01. The molecule has 0 saturated carbocycles. The molecule has 9 aromatic rings. The first-order valence-electron chi connectivity index (χ1n) is 24.2. The van der Waals surface area contributed by atoms with Gasteiger partial charge < -0.3 is 34.9 Å². The quantitative estimate of drug-likeness (QED) is 0.0562. The molecule has 20 heteroatoms. The van der Waals surface area contributed by atoms with Crippen molar-refractivity contribution in [2.45, 2.75) is 37.7 Å². The van der Waals surface area contributed by atoms with E-state index >= 15 is 4.39 Å². The minimum absolute atomic E-state index is 0.0364. The van der Waals surface area contributed by atoms with Crippen molar-refractivity contribution >= 4 is 61.0 Å². The summed E-state index contributed by atoms with van der Waals surface area (Å²) in [6.07, 6.45) is 1.53. The number of amides is 3. The lowest BCUT2D eigenvalue weighted by Crippen LogP contribution is -2.33. The minimum Gasteiger partial charge on any atom is -0.493 e. The largest absolute Gasteiger partial charge is 0.493 e. The Labute approximate surface area is 451 Å².